The van der Waals surface area contributed by atoms with Gasteiger partial charge in [0.15, 0.2) is 5.96 Å². The Morgan fingerprint density at radius 2 is 1.89 bits per heavy atom. The summed E-state index contributed by atoms with van der Waals surface area (Å²) in [6.07, 6.45) is 1.56. The Labute approximate surface area is 187 Å². The maximum Gasteiger partial charge on any atom is 0.191 e. The van der Waals surface area contributed by atoms with E-state index >= 15 is 0 Å². The van der Waals surface area contributed by atoms with E-state index in [1.165, 1.54) is 5.69 Å². The van der Waals surface area contributed by atoms with Crippen molar-refractivity contribution in [2.24, 2.45) is 4.99 Å². The predicted molar refractivity (Wildman–Crippen MR) is 127 cm³/mol. The fraction of sp³-hybridized carbons (Fsp3) is 0.800. The second-order valence-corrected chi connectivity index (χ2v) is 8.33. The lowest BCUT2D eigenvalue weighted by molar-refractivity contribution is -0.0946. The number of hydrogen-bond acceptors (Lipinski definition) is 4. The average molecular weight is 506 g/mol. The average Bonchev–Trinajstić information content (AvgIpc) is 2.90. The van der Waals surface area contributed by atoms with E-state index in [1.807, 2.05) is 14.0 Å². The third-order valence-corrected chi connectivity index (χ3v) is 5.13. The van der Waals surface area contributed by atoms with E-state index in [-0.39, 0.29) is 41.7 Å². The van der Waals surface area contributed by atoms with E-state index in [1.54, 1.807) is 0 Å². The van der Waals surface area contributed by atoms with Crippen molar-refractivity contribution in [1.29, 1.82) is 0 Å². The molecule has 7 nitrogen and oxygen atoms in total. The fourth-order valence-corrected chi connectivity index (χ4v) is 3.64. The van der Waals surface area contributed by atoms with Crippen LogP contribution in [0.4, 0.5) is 0 Å². The highest BCUT2D eigenvalue weighted by Crippen LogP contribution is 2.20. The van der Waals surface area contributed by atoms with Gasteiger partial charge < -0.3 is 15.4 Å². The Bertz CT molecular complexity index is 620. The quantitative estimate of drug-likeness (QED) is 0.258. The number of hydrogen-bond donors (Lipinski definition) is 2. The van der Waals surface area contributed by atoms with E-state index in [9.17, 15) is 0 Å². The van der Waals surface area contributed by atoms with E-state index in [4.69, 9.17) is 4.74 Å². The number of aryl methyl sites for hydroxylation is 3. The first-order valence-corrected chi connectivity index (χ1v) is 10.1. The molecular formula is C20H39IN6O. The van der Waals surface area contributed by atoms with Gasteiger partial charge in [-0.2, -0.15) is 5.10 Å². The van der Waals surface area contributed by atoms with Crippen molar-refractivity contribution in [2.45, 2.75) is 72.3 Å². The summed E-state index contributed by atoms with van der Waals surface area (Å²) in [6.45, 7) is 17.5. The van der Waals surface area contributed by atoms with Crippen LogP contribution in [0.1, 0.15) is 45.5 Å². The molecular weight excluding hydrogens is 467 g/mol. The van der Waals surface area contributed by atoms with Crippen LogP contribution >= 0.6 is 24.0 Å². The molecule has 0 aromatic carbocycles. The fourth-order valence-electron chi connectivity index (χ4n) is 3.64. The molecule has 162 valence electrons. The van der Waals surface area contributed by atoms with Gasteiger partial charge in [0.05, 0.1) is 17.9 Å². The molecule has 1 aromatic heterocycles. The van der Waals surface area contributed by atoms with Crippen LogP contribution in [0.3, 0.4) is 0 Å². The molecule has 2 rings (SSSR count). The zero-order valence-corrected chi connectivity index (χ0v) is 20.9. The Hall–Kier alpha value is -0.870. The van der Waals surface area contributed by atoms with Crippen molar-refractivity contribution in [2.75, 3.05) is 33.2 Å². The molecule has 0 spiro atoms. The second-order valence-electron chi connectivity index (χ2n) is 8.33. The normalized spacial score (nSPS) is 21.3. The number of aromatic nitrogens is 2. The minimum atomic E-state index is 0. The van der Waals surface area contributed by atoms with Crippen LogP contribution in [0.5, 0.6) is 0 Å². The van der Waals surface area contributed by atoms with Crippen LogP contribution in [-0.2, 0) is 11.3 Å². The lowest BCUT2D eigenvalue weighted by Crippen LogP contribution is -2.59. The maximum atomic E-state index is 5.86. The summed E-state index contributed by atoms with van der Waals surface area (Å²) in [4.78, 5) is 6.87. The summed E-state index contributed by atoms with van der Waals surface area (Å²) in [7, 11) is 1.82. The second kappa shape index (κ2) is 11.3. The monoisotopic (exact) mass is 506 g/mol. The SMILES string of the molecule is CN=C(NCCCn1nc(C)cc1C)NCC(C)(C)N1CC(C)OC(C)C1.I. The topological polar surface area (TPSA) is 66.7 Å². The van der Waals surface area contributed by atoms with Crippen LogP contribution in [0, 0.1) is 13.8 Å². The van der Waals surface area contributed by atoms with E-state index < -0.39 is 0 Å². The van der Waals surface area contributed by atoms with Gasteiger partial charge in [0.2, 0.25) is 0 Å². The molecule has 0 radical (unpaired) electrons. The number of rotatable bonds is 7. The molecule has 8 heteroatoms. The van der Waals surface area contributed by atoms with Gasteiger partial charge in [0.1, 0.15) is 0 Å². The number of halogens is 1. The van der Waals surface area contributed by atoms with Crippen LogP contribution in [0.15, 0.2) is 11.1 Å². The molecule has 1 aromatic rings. The zero-order chi connectivity index (χ0) is 20.0. The van der Waals surface area contributed by atoms with Gasteiger partial charge in [0, 0.05) is 51.0 Å². The maximum absolute atomic E-state index is 5.86. The molecule has 1 saturated heterocycles. The Morgan fingerprint density at radius 1 is 1.25 bits per heavy atom. The number of guanidine groups is 1. The molecule has 2 unspecified atom stereocenters. The largest absolute Gasteiger partial charge is 0.373 e. The lowest BCUT2D eigenvalue weighted by Gasteiger charge is -2.45. The van der Waals surface area contributed by atoms with Crippen LogP contribution < -0.4 is 10.6 Å². The molecule has 28 heavy (non-hydrogen) atoms. The summed E-state index contributed by atoms with van der Waals surface area (Å²) in [5.74, 6) is 0.853. The first kappa shape index (κ1) is 25.2. The first-order valence-electron chi connectivity index (χ1n) is 10.1. The summed E-state index contributed by atoms with van der Waals surface area (Å²) < 4.78 is 7.93. The summed E-state index contributed by atoms with van der Waals surface area (Å²) in [5.41, 5.74) is 2.32. The van der Waals surface area contributed by atoms with Crippen molar-refractivity contribution in [3.8, 4) is 0 Å². The highest BCUT2D eigenvalue weighted by Gasteiger charge is 2.33. The van der Waals surface area contributed by atoms with Gasteiger partial charge in [-0.3, -0.25) is 14.6 Å². The summed E-state index contributed by atoms with van der Waals surface area (Å²) in [5, 5.41) is 11.4. The third kappa shape index (κ3) is 7.51. The highest BCUT2D eigenvalue weighted by atomic mass is 127. The van der Waals surface area contributed by atoms with E-state index in [0.29, 0.717) is 0 Å². The molecule has 1 aliphatic heterocycles. The number of nitrogens with zero attached hydrogens (tertiary/aromatic N) is 4. The van der Waals surface area contributed by atoms with Crippen LogP contribution in [0.2, 0.25) is 0 Å². The first-order chi connectivity index (χ1) is 12.7. The van der Waals surface area contributed by atoms with Gasteiger partial charge in [-0.25, -0.2) is 0 Å². The van der Waals surface area contributed by atoms with E-state index in [0.717, 1.165) is 50.8 Å². The number of ether oxygens (including phenoxy) is 1. The molecule has 0 bridgehead atoms. The van der Waals surface area contributed by atoms with Gasteiger partial charge in [-0.15, -0.1) is 24.0 Å². The molecule has 0 amide bonds. The van der Waals surface area contributed by atoms with Crippen molar-refractivity contribution < 1.29 is 4.74 Å². The minimum absolute atomic E-state index is 0. The molecule has 0 saturated carbocycles. The molecule has 0 aliphatic carbocycles. The molecule has 1 aliphatic rings. The predicted octanol–water partition coefficient (Wildman–Crippen LogP) is 2.56. The van der Waals surface area contributed by atoms with Gasteiger partial charge >= 0.3 is 0 Å². The Kier molecular flexibility index (Phi) is 10.2. The molecule has 2 heterocycles. The number of morpholine rings is 1. The third-order valence-electron chi connectivity index (χ3n) is 5.13. The molecule has 1 fully saturated rings. The van der Waals surface area contributed by atoms with Crippen molar-refractivity contribution in [3.05, 3.63) is 17.5 Å². The Balaban J connectivity index is 0.00000392. The zero-order valence-electron chi connectivity index (χ0n) is 18.6. The van der Waals surface area contributed by atoms with Crippen molar-refractivity contribution in [1.82, 2.24) is 25.3 Å². The van der Waals surface area contributed by atoms with Gasteiger partial charge in [0.25, 0.3) is 0 Å². The standard InChI is InChI=1S/C20H38N6O.HI/c1-15-11-16(2)26(24-15)10-8-9-22-19(21-7)23-14-20(5,6)25-12-17(3)27-18(4)13-25;/h11,17-18H,8-10,12-14H2,1-7H3,(H2,21,22,23);1H. The summed E-state index contributed by atoms with van der Waals surface area (Å²) in [6, 6.07) is 2.11. The van der Waals surface area contributed by atoms with Gasteiger partial charge in [-0.05, 0) is 54.0 Å². The van der Waals surface area contributed by atoms with Crippen molar-refractivity contribution >= 4 is 29.9 Å². The highest BCUT2D eigenvalue weighted by molar-refractivity contribution is 14.0. The molecule has 2 atom stereocenters. The minimum Gasteiger partial charge on any atom is -0.373 e. The Morgan fingerprint density at radius 3 is 2.43 bits per heavy atom. The lowest BCUT2D eigenvalue weighted by atomic mass is 10.00. The van der Waals surface area contributed by atoms with Crippen molar-refractivity contribution in [3.63, 3.8) is 0 Å². The van der Waals surface area contributed by atoms with E-state index in [2.05, 4.69) is 71.0 Å². The smallest absolute Gasteiger partial charge is 0.191 e. The number of nitrogens with one attached hydrogen (secondary N) is 2. The van der Waals surface area contributed by atoms with Gasteiger partial charge in [-0.1, -0.05) is 0 Å². The van der Waals surface area contributed by atoms with Crippen LogP contribution in [-0.4, -0.2) is 71.6 Å². The van der Waals surface area contributed by atoms with Crippen LogP contribution in [0.25, 0.3) is 0 Å². The number of aliphatic imine (C=N–C) groups is 1. The summed E-state index contributed by atoms with van der Waals surface area (Å²) >= 11 is 0. The molecule has 2 N–H and O–H groups in total.